The normalized spacial score (nSPS) is 12.1. The second-order valence-corrected chi connectivity index (χ2v) is 3.56. The van der Waals surface area contributed by atoms with Crippen LogP contribution in [0.25, 0.3) is 0 Å². The minimum absolute atomic E-state index is 0.189. The van der Waals surface area contributed by atoms with Gasteiger partial charge in [-0.3, -0.25) is 0 Å². The molecule has 0 radical (unpaired) electrons. The Morgan fingerprint density at radius 2 is 2.20 bits per heavy atom. The second kappa shape index (κ2) is 6.18. The first-order valence-corrected chi connectivity index (χ1v) is 5.10. The van der Waals surface area contributed by atoms with E-state index in [-0.39, 0.29) is 12.6 Å². The summed E-state index contributed by atoms with van der Waals surface area (Å²) in [6.07, 6.45) is 0.731. The Labute approximate surface area is 90.4 Å². The number of hydrogen-bond acceptors (Lipinski definition) is 3. The summed E-state index contributed by atoms with van der Waals surface area (Å²) in [7, 11) is 0. The average molecular weight is 204 g/mol. The summed E-state index contributed by atoms with van der Waals surface area (Å²) < 4.78 is 0. The summed E-state index contributed by atoms with van der Waals surface area (Å²) in [4.78, 5) is 0. The smallest absolute Gasteiger partial charge is 0.0995 e. The van der Waals surface area contributed by atoms with E-state index in [1.807, 2.05) is 31.2 Å². The van der Waals surface area contributed by atoms with Gasteiger partial charge in [0, 0.05) is 19.2 Å². The highest BCUT2D eigenvalue weighted by molar-refractivity contribution is 5.37. The van der Waals surface area contributed by atoms with Crippen molar-refractivity contribution in [2.24, 2.45) is 0 Å². The first-order chi connectivity index (χ1) is 7.27. The Morgan fingerprint density at radius 3 is 2.87 bits per heavy atom. The van der Waals surface area contributed by atoms with E-state index in [9.17, 15) is 0 Å². The summed E-state index contributed by atoms with van der Waals surface area (Å²) >= 11 is 0. The third-order valence-corrected chi connectivity index (χ3v) is 2.34. The van der Waals surface area contributed by atoms with E-state index < -0.39 is 0 Å². The molecule has 0 spiro atoms. The molecule has 0 aliphatic heterocycles. The number of benzene rings is 1. The van der Waals surface area contributed by atoms with Crippen LogP contribution in [0, 0.1) is 11.3 Å². The molecule has 1 atom stereocenters. The minimum Gasteiger partial charge on any atom is -0.396 e. The molecule has 0 bridgehead atoms. The van der Waals surface area contributed by atoms with Gasteiger partial charge in [-0.25, -0.2) is 0 Å². The van der Waals surface area contributed by atoms with Gasteiger partial charge in [0.2, 0.25) is 0 Å². The molecule has 0 fully saturated rings. The summed E-state index contributed by atoms with van der Waals surface area (Å²) in [5.74, 6) is 0. The van der Waals surface area contributed by atoms with Gasteiger partial charge in [0.1, 0.15) is 0 Å². The summed E-state index contributed by atoms with van der Waals surface area (Å²) in [6, 6.07) is 9.97. The van der Waals surface area contributed by atoms with Crippen LogP contribution in [0.5, 0.6) is 0 Å². The number of nitrogens with zero attached hydrogens (tertiary/aromatic N) is 1. The van der Waals surface area contributed by atoms with E-state index in [1.165, 1.54) is 0 Å². The lowest BCUT2D eigenvalue weighted by Gasteiger charge is -2.12. The number of aliphatic hydroxyl groups is 1. The van der Waals surface area contributed by atoms with Crippen molar-refractivity contribution in [2.45, 2.75) is 25.9 Å². The van der Waals surface area contributed by atoms with Crippen LogP contribution in [0.3, 0.4) is 0 Å². The Kier molecular flexibility index (Phi) is 4.82. The lowest BCUT2D eigenvalue weighted by molar-refractivity contribution is 0.268. The molecule has 0 aliphatic rings. The first-order valence-electron chi connectivity index (χ1n) is 5.10. The van der Waals surface area contributed by atoms with E-state index in [1.54, 1.807) is 0 Å². The van der Waals surface area contributed by atoms with Gasteiger partial charge >= 0.3 is 0 Å². The number of aliphatic hydroxyl groups excluding tert-OH is 1. The van der Waals surface area contributed by atoms with Crippen molar-refractivity contribution in [1.29, 1.82) is 5.26 Å². The maximum absolute atomic E-state index is 8.87. The molecule has 15 heavy (non-hydrogen) atoms. The molecule has 0 heterocycles. The number of nitrogens with one attached hydrogen (secondary N) is 1. The standard InChI is InChI=1S/C12H16N2O/c1-10(6-7-15)14-9-12-5-3-2-4-11(12)8-13/h2-5,10,14-15H,6-7,9H2,1H3/t10-/m1/s1. The molecule has 0 saturated heterocycles. The SMILES string of the molecule is C[C@H](CCO)NCc1ccccc1C#N. The van der Waals surface area contributed by atoms with Gasteiger partial charge < -0.3 is 10.4 Å². The Hall–Kier alpha value is -1.37. The van der Waals surface area contributed by atoms with Gasteiger partial charge in [0.05, 0.1) is 11.6 Å². The van der Waals surface area contributed by atoms with Crippen molar-refractivity contribution in [3.63, 3.8) is 0 Å². The zero-order valence-electron chi connectivity index (χ0n) is 8.90. The minimum atomic E-state index is 0.189. The highest BCUT2D eigenvalue weighted by atomic mass is 16.3. The van der Waals surface area contributed by atoms with Gasteiger partial charge in [-0.15, -0.1) is 0 Å². The van der Waals surface area contributed by atoms with Crippen LogP contribution in [0.1, 0.15) is 24.5 Å². The molecule has 2 N–H and O–H groups in total. The third kappa shape index (κ3) is 3.70. The van der Waals surface area contributed by atoms with Crippen molar-refractivity contribution in [3.05, 3.63) is 35.4 Å². The Balaban J connectivity index is 2.54. The van der Waals surface area contributed by atoms with Crippen LogP contribution in [0.15, 0.2) is 24.3 Å². The highest BCUT2D eigenvalue weighted by Gasteiger charge is 2.03. The van der Waals surface area contributed by atoms with E-state index in [2.05, 4.69) is 11.4 Å². The molecule has 1 aromatic rings. The van der Waals surface area contributed by atoms with Crippen LogP contribution >= 0.6 is 0 Å². The molecular weight excluding hydrogens is 188 g/mol. The second-order valence-electron chi connectivity index (χ2n) is 3.56. The number of nitriles is 1. The number of hydrogen-bond donors (Lipinski definition) is 2. The van der Waals surface area contributed by atoms with Crippen LogP contribution in [0.4, 0.5) is 0 Å². The Bertz CT molecular complexity index is 344. The Morgan fingerprint density at radius 1 is 1.47 bits per heavy atom. The fraction of sp³-hybridized carbons (Fsp3) is 0.417. The maximum atomic E-state index is 8.87. The van der Waals surface area contributed by atoms with Crippen molar-refractivity contribution >= 4 is 0 Å². The quantitative estimate of drug-likeness (QED) is 0.762. The fourth-order valence-corrected chi connectivity index (χ4v) is 1.36. The average Bonchev–Trinajstić information content (AvgIpc) is 2.27. The van der Waals surface area contributed by atoms with E-state index in [4.69, 9.17) is 10.4 Å². The largest absolute Gasteiger partial charge is 0.396 e. The van der Waals surface area contributed by atoms with Crippen molar-refractivity contribution in [3.8, 4) is 6.07 Å². The van der Waals surface area contributed by atoms with Crippen molar-refractivity contribution < 1.29 is 5.11 Å². The molecule has 0 unspecified atom stereocenters. The zero-order chi connectivity index (χ0) is 11.1. The van der Waals surface area contributed by atoms with Crippen molar-refractivity contribution in [2.75, 3.05) is 6.61 Å². The number of rotatable bonds is 5. The van der Waals surface area contributed by atoms with Gasteiger partial charge in [0.25, 0.3) is 0 Å². The van der Waals surface area contributed by atoms with E-state index in [0.29, 0.717) is 12.1 Å². The maximum Gasteiger partial charge on any atom is 0.0995 e. The van der Waals surface area contributed by atoms with Crippen LogP contribution in [0.2, 0.25) is 0 Å². The van der Waals surface area contributed by atoms with Crippen LogP contribution < -0.4 is 5.32 Å². The highest BCUT2D eigenvalue weighted by Crippen LogP contribution is 2.07. The van der Waals surface area contributed by atoms with Gasteiger partial charge in [-0.05, 0) is 25.0 Å². The van der Waals surface area contributed by atoms with Gasteiger partial charge in [-0.1, -0.05) is 18.2 Å². The van der Waals surface area contributed by atoms with Crippen molar-refractivity contribution in [1.82, 2.24) is 5.32 Å². The van der Waals surface area contributed by atoms with Crippen LogP contribution in [-0.4, -0.2) is 17.8 Å². The molecule has 80 valence electrons. The molecule has 1 aromatic carbocycles. The molecule has 3 nitrogen and oxygen atoms in total. The lowest BCUT2D eigenvalue weighted by Crippen LogP contribution is -2.26. The van der Waals surface area contributed by atoms with E-state index >= 15 is 0 Å². The molecule has 0 saturated carbocycles. The predicted molar refractivity (Wildman–Crippen MR) is 59.2 cm³/mol. The molecular formula is C12H16N2O. The summed E-state index contributed by atoms with van der Waals surface area (Å²) in [5, 5.41) is 20.9. The summed E-state index contributed by atoms with van der Waals surface area (Å²) in [6.45, 7) is 2.88. The monoisotopic (exact) mass is 204 g/mol. The van der Waals surface area contributed by atoms with E-state index in [0.717, 1.165) is 12.0 Å². The zero-order valence-corrected chi connectivity index (χ0v) is 8.90. The molecule has 3 heteroatoms. The summed E-state index contributed by atoms with van der Waals surface area (Å²) in [5.41, 5.74) is 1.71. The van der Waals surface area contributed by atoms with Gasteiger partial charge in [-0.2, -0.15) is 5.26 Å². The lowest BCUT2D eigenvalue weighted by atomic mass is 10.1. The molecule has 0 amide bonds. The fourth-order valence-electron chi connectivity index (χ4n) is 1.36. The van der Waals surface area contributed by atoms with Gasteiger partial charge in [0.15, 0.2) is 0 Å². The molecule has 0 aliphatic carbocycles. The molecule has 1 rings (SSSR count). The predicted octanol–water partition coefficient (Wildman–Crippen LogP) is 1.42. The van der Waals surface area contributed by atoms with Crippen LogP contribution in [-0.2, 0) is 6.54 Å². The first kappa shape index (κ1) is 11.7. The topological polar surface area (TPSA) is 56.0 Å². The third-order valence-electron chi connectivity index (χ3n) is 2.34. The molecule has 0 aromatic heterocycles.